The van der Waals surface area contributed by atoms with Crippen molar-refractivity contribution < 1.29 is 4.79 Å². The minimum atomic E-state index is -0.631. The summed E-state index contributed by atoms with van der Waals surface area (Å²) in [6.07, 6.45) is 4.53. The van der Waals surface area contributed by atoms with Gasteiger partial charge in [0.2, 0.25) is 5.91 Å². The zero-order valence-corrected chi connectivity index (χ0v) is 17.3. The molecular weight excluding hydrogens is 398 g/mol. The van der Waals surface area contributed by atoms with Gasteiger partial charge in [-0.3, -0.25) is 4.79 Å². The van der Waals surface area contributed by atoms with Crippen molar-refractivity contribution >= 4 is 5.91 Å². The van der Waals surface area contributed by atoms with E-state index in [9.17, 15) is 4.79 Å². The lowest BCUT2D eigenvalue weighted by Crippen LogP contribution is -2.36. The van der Waals surface area contributed by atoms with Crippen molar-refractivity contribution in [2.75, 3.05) is 0 Å². The van der Waals surface area contributed by atoms with Crippen LogP contribution in [0, 0.1) is 5.92 Å². The average Bonchev–Trinajstić information content (AvgIpc) is 3.51. The summed E-state index contributed by atoms with van der Waals surface area (Å²) in [4.78, 5) is 19.3. The Morgan fingerprint density at radius 2 is 1.41 bits per heavy atom. The number of carbonyl (C=O) groups excluding carboxylic acids is 1. The summed E-state index contributed by atoms with van der Waals surface area (Å²) in [7, 11) is 0. The van der Waals surface area contributed by atoms with Crippen LogP contribution in [0.2, 0.25) is 0 Å². The molecule has 1 heterocycles. The highest BCUT2D eigenvalue weighted by molar-refractivity contribution is 5.83. The zero-order chi connectivity index (χ0) is 22.0. The van der Waals surface area contributed by atoms with Crippen LogP contribution in [0.4, 0.5) is 0 Å². The Labute approximate surface area is 185 Å². The smallest absolute Gasteiger partial charge is 0.222 e. The van der Waals surface area contributed by atoms with E-state index < -0.39 is 11.4 Å². The molecule has 0 aliphatic heterocycles. The fourth-order valence-electron chi connectivity index (χ4n) is 4.61. The van der Waals surface area contributed by atoms with Gasteiger partial charge in [0.25, 0.3) is 0 Å². The summed E-state index contributed by atoms with van der Waals surface area (Å²) >= 11 is 0. The predicted octanol–water partition coefficient (Wildman–Crippen LogP) is 5.66. The van der Waals surface area contributed by atoms with Crippen LogP contribution in [0.25, 0.3) is 10.4 Å². The first-order valence-electron chi connectivity index (χ1n) is 10.5. The molecule has 32 heavy (non-hydrogen) atoms. The summed E-state index contributed by atoms with van der Waals surface area (Å²) in [5.41, 5.74) is 12.1. The number of carbonyl (C=O) groups is 1. The Bertz CT molecular complexity index is 1180. The summed E-state index contributed by atoms with van der Waals surface area (Å²) in [5, 5.41) is 3.27. The fourth-order valence-corrected chi connectivity index (χ4v) is 4.61. The molecule has 3 aromatic carbocycles. The van der Waals surface area contributed by atoms with Crippen LogP contribution in [0.15, 0.2) is 109 Å². The van der Waals surface area contributed by atoms with Gasteiger partial charge in [-0.2, -0.15) is 0 Å². The number of imidazole rings is 1. The van der Waals surface area contributed by atoms with Crippen LogP contribution in [0.5, 0.6) is 0 Å². The molecule has 1 fully saturated rings. The molecule has 2 atom stereocenters. The molecule has 0 spiro atoms. The van der Waals surface area contributed by atoms with E-state index >= 15 is 0 Å². The molecule has 4 aromatic rings. The van der Waals surface area contributed by atoms with Crippen LogP contribution >= 0.6 is 0 Å². The van der Waals surface area contributed by atoms with Crippen molar-refractivity contribution in [3.05, 3.63) is 136 Å². The third-order valence-electron chi connectivity index (χ3n) is 6.20. The van der Waals surface area contributed by atoms with E-state index in [0.717, 1.165) is 22.4 Å². The van der Waals surface area contributed by atoms with Crippen LogP contribution in [0.3, 0.4) is 0 Å². The van der Waals surface area contributed by atoms with E-state index in [-0.39, 0.29) is 11.8 Å². The quantitative estimate of drug-likeness (QED) is 0.175. The highest BCUT2D eigenvalue weighted by Gasteiger charge is 2.46. The van der Waals surface area contributed by atoms with E-state index in [4.69, 9.17) is 5.53 Å². The van der Waals surface area contributed by atoms with Gasteiger partial charge in [0.1, 0.15) is 5.54 Å². The van der Waals surface area contributed by atoms with Gasteiger partial charge in [-0.05, 0) is 33.8 Å². The zero-order valence-electron chi connectivity index (χ0n) is 17.3. The maximum Gasteiger partial charge on any atom is 0.222 e. The minimum Gasteiger partial charge on any atom is -0.319 e. The molecule has 5 rings (SSSR count). The van der Waals surface area contributed by atoms with Crippen LogP contribution in [-0.2, 0) is 10.3 Å². The number of hydrogen-bond donors (Lipinski definition) is 0. The molecule has 156 valence electrons. The molecule has 0 N–H and O–H groups in total. The van der Waals surface area contributed by atoms with E-state index in [0.29, 0.717) is 6.42 Å². The third kappa shape index (κ3) is 3.27. The van der Waals surface area contributed by atoms with Gasteiger partial charge in [0, 0.05) is 22.9 Å². The van der Waals surface area contributed by atoms with Crippen LogP contribution in [-0.4, -0.2) is 15.5 Å². The van der Waals surface area contributed by atoms with Crippen molar-refractivity contribution in [2.45, 2.75) is 17.9 Å². The second kappa shape index (κ2) is 8.17. The van der Waals surface area contributed by atoms with Crippen molar-refractivity contribution in [1.82, 2.24) is 9.55 Å². The van der Waals surface area contributed by atoms with E-state index in [1.807, 2.05) is 67.1 Å². The molecule has 6 nitrogen and oxygen atoms in total. The molecule has 0 saturated heterocycles. The molecule has 1 aliphatic rings. The van der Waals surface area contributed by atoms with E-state index in [1.165, 1.54) is 0 Å². The molecule has 1 amide bonds. The summed E-state index contributed by atoms with van der Waals surface area (Å²) in [5.74, 6) is -0.712. The number of hydrogen-bond acceptors (Lipinski definition) is 2. The summed E-state index contributed by atoms with van der Waals surface area (Å²) in [6.45, 7) is 0. The molecule has 6 heteroatoms. The number of rotatable bonds is 6. The first-order chi connectivity index (χ1) is 15.7. The predicted molar refractivity (Wildman–Crippen MR) is 122 cm³/mol. The maximum atomic E-state index is 12.0. The molecule has 1 saturated carbocycles. The first-order valence-corrected chi connectivity index (χ1v) is 10.5. The maximum absolute atomic E-state index is 12.0. The van der Waals surface area contributed by atoms with E-state index in [1.54, 1.807) is 0 Å². The molecule has 1 aromatic heterocycles. The van der Waals surface area contributed by atoms with Crippen molar-refractivity contribution in [2.24, 2.45) is 11.0 Å². The monoisotopic (exact) mass is 419 g/mol. The topological polar surface area (TPSA) is 83.7 Å². The second-order valence-electron chi connectivity index (χ2n) is 7.99. The number of benzene rings is 3. The molecule has 0 radical (unpaired) electrons. The van der Waals surface area contributed by atoms with Crippen LogP contribution in [0.1, 0.15) is 34.7 Å². The highest BCUT2D eigenvalue weighted by Crippen LogP contribution is 2.49. The van der Waals surface area contributed by atoms with E-state index in [2.05, 4.69) is 56.0 Å². The highest BCUT2D eigenvalue weighted by atomic mass is 16.2. The average molecular weight is 419 g/mol. The van der Waals surface area contributed by atoms with Gasteiger partial charge < -0.3 is 4.57 Å². The molecule has 1 aliphatic carbocycles. The first kappa shape index (κ1) is 19.8. The van der Waals surface area contributed by atoms with Gasteiger partial charge in [-0.1, -0.05) is 91.0 Å². The lowest BCUT2D eigenvalue weighted by Gasteiger charge is -2.37. The number of azide groups is 1. The van der Waals surface area contributed by atoms with Gasteiger partial charge in [-0.25, -0.2) is 4.98 Å². The lowest BCUT2D eigenvalue weighted by atomic mass is 9.77. The van der Waals surface area contributed by atoms with Crippen molar-refractivity contribution in [1.29, 1.82) is 0 Å². The third-order valence-corrected chi connectivity index (χ3v) is 6.20. The standard InChI is InChI=1S/C26H21N5O/c27-30-29-25(32)23-16-22(23)24-17-31(18-28-24)26(19-10-4-1-5-11-19,20-12-6-2-7-13-20)21-14-8-3-9-15-21/h1-15,17-18,22-23H,16H2/t22-,23+/m0/s1. The molecule has 0 bridgehead atoms. The molecular formula is C26H21N5O. The SMILES string of the molecule is [N-]=[N+]=NC(=O)[C@@H]1C[C@@H]1c1cn(C(c2ccccc2)(c2ccccc2)c2ccccc2)cn1. The van der Waals surface area contributed by atoms with Gasteiger partial charge >= 0.3 is 0 Å². The van der Waals surface area contributed by atoms with Crippen LogP contribution < -0.4 is 0 Å². The second-order valence-corrected chi connectivity index (χ2v) is 7.99. The Morgan fingerprint density at radius 1 is 0.906 bits per heavy atom. The lowest BCUT2D eigenvalue weighted by molar-refractivity contribution is -0.119. The Hall–Kier alpha value is -4.15. The number of amides is 1. The Morgan fingerprint density at radius 3 is 1.88 bits per heavy atom. The number of aromatic nitrogens is 2. The Kier molecular flexibility index (Phi) is 5.06. The van der Waals surface area contributed by atoms with Gasteiger partial charge in [0.15, 0.2) is 0 Å². The largest absolute Gasteiger partial charge is 0.319 e. The fraction of sp³-hybridized carbons (Fsp3) is 0.154. The number of nitrogens with zero attached hydrogens (tertiary/aromatic N) is 5. The molecule has 0 unspecified atom stereocenters. The van der Waals surface area contributed by atoms with Gasteiger partial charge in [-0.15, -0.1) is 0 Å². The summed E-state index contributed by atoms with van der Waals surface area (Å²) < 4.78 is 2.13. The minimum absolute atomic E-state index is 0.0192. The van der Waals surface area contributed by atoms with Crippen molar-refractivity contribution in [3.8, 4) is 0 Å². The summed E-state index contributed by atoms with van der Waals surface area (Å²) in [6, 6.07) is 31.1. The van der Waals surface area contributed by atoms with Gasteiger partial charge in [0.05, 0.1) is 12.0 Å². The van der Waals surface area contributed by atoms with Crippen molar-refractivity contribution in [3.63, 3.8) is 0 Å². The Balaban J connectivity index is 1.69. The normalized spacial score (nSPS) is 17.4.